The maximum atomic E-state index is 13.6. The third-order valence-electron chi connectivity index (χ3n) is 9.83. The van der Waals surface area contributed by atoms with E-state index in [1.165, 1.54) is 12.1 Å². The number of benzene rings is 1. The molecule has 3 fully saturated rings. The Balaban J connectivity index is 1.38. The number of aryl methyl sites for hydroxylation is 1. The summed E-state index contributed by atoms with van der Waals surface area (Å²) in [6, 6.07) is 4.34. The van der Waals surface area contributed by atoms with Gasteiger partial charge in [-0.3, -0.25) is 4.79 Å². The van der Waals surface area contributed by atoms with Crippen molar-refractivity contribution in [1.29, 1.82) is 0 Å². The van der Waals surface area contributed by atoms with E-state index >= 15 is 0 Å². The summed E-state index contributed by atoms with van der Waals surface area (Å²) in [6.07, 6.45) is 5.88. The van der Waals surface area contributed by atoms with Gasteiger partial charge in [0.1, 0.15) is 0 Å². The zero-order chi connectivity index (χ0) is 24.5. The molecule has 1 aromatic rings. The molecule has 34 heavy (non-hydrogen) atoms. The SMILES string of the molecule is C=C1C=C[C@@]2(C)[C@@H](CC[C@@H]3[C@@H]2CC[C@]2(C)[C@@H](C(=O)Nc4cc(C)ccc4C(F)(F)F)CC[C@@H]32)N1. The van der Waals surface area contributed by atoms with Crippen molar-refractivity contribution < 1.29 is 18.0 Å². The van der Waals surface area contributed by atoms with Crippen molar-refractivity contribution in [3.8, 4) is 0 Å². The van der Waals surface area contributed by atoms with Crippen LogP contribution in [0.1, 0.15) is 63.5 Å². The topological polar surface area (TPSA) is 41.1 Å². The van der Waals surface area contributed by atoms with Crippen LogP contribution in [0.2, 0.25) is 0 Å². The molecule has 3 aliphatic carbocycles. The lowest BCUT2D eigenvalue weighted by molar-refractivity contribution is -0.137. The molecular weight excluding hydrogens is 437 g/mol. The lowest BCUT2D eigenvalue weighted by atomic mass is 9.48. The number of nitrogens with one attached hydrogen (secondary N) is 2. The highest BCUT2D eigenvalue weighted by molar-refractivity contribution is 5.94. The van der Waals surface area contributed by atoms with Crippen LogP contribution in [0.25, 0.3) is 0 Å². The molecule has 1 aromatic carbocycles. The molecule has 4 aliphatic rings. The molecule has 0 saturated heterocycles. The molecule has 3 saturated carbocycles. The minimum Gasteiger partial charge on any atom is -0.382 e. The normalized spacial score (nSPS) is 39.0. The quantitative estimate of drug-likeness (QED) is 0.494. The Bertz CT molecular complexity index is 1050. The average molecular weight is 473 g/mol. The standard InChI is InChI=1S/C28H35F3N2O/c1-16-5-7-21(28(29,30)31)23(15-16)33-25(34)22-9-8-19-18-6-10-24-27(4,13-11-17(2)32-24)20(18)12-14-26(19,22)3/h5,7,11,13,15,18-20,22,24,32H,2,6,8-10,12,14H2,1,3-4H3,(H,33,34)/t18-,19-,20-,22+,24+,26-,27+/m0/s1. The van der Waals surface area contributed by atoms with Crippen molar-refractivity contribution in [2.24, 2.45) is 34.5 Å². The molecular formula is C28H35F3N2O. The number of hydrogen-bond acceptors (Lipinski definition) is 2. The highest BCUT2D eigenvalue weighted by atomic mass is 19.4. The highest BCUT2D eigenvalue weighted by Gasteiger charge is 2.60. The minimum absolute atomic E-state index is 0.0783. The van der Waals surface area contributed by atoms with E-state index in [1.807, 2.05) is 0 Å². The largest absolute Gasteiger partial charge is 0.418 e. The van der Waals surface area contributed by atoms with Crippen molar-refractivity contribution in [2.45, 2.75) is 71.5 Å². The highest BCUT2D eigenvalue weighted by Crippen LogP contribution is 2.65. The zero-order valence-electron chi connectivity index (χ0n) is 20.3. The van der Waals surface area contributed by atoms with E-state index < -0.39 is 11.7 Å². The number of allylic oxidation sites excluding steroid dienone is 1. The average Bonchev–Trinajstić information content (AvgIpc) is 3.11. The molecule has 6 heteroatoms. The fraction of sp³-hybridized carbons (Fsp3) is 0.607. The van der Waals surface area contributed by atoms with Gasteiger partial charge in [-0.2, -0.15) is 13.2 Å². The third-order valence-corrected chi connectivity index (χ3v) is 9.83. The van der Waals surface area contributed by atoms with E-state index in [-0.39, 0.29) is 28.3 Å². The van der Waals surface area contributed by atoms with Crippen LogP contribution < -0.4 is 10.6 Å². The van der Waals surface area contributed by atoms with Gasteiger partial charge in [-0.15, -0.1) is 0 Å². The molecule has 0 bridgehead atoms. The first-order valence-electron chi connectivity index (χ1n) is 12.6. The van der Waals surface area contributed by atoms with Crippen LogP contribution in [0.3, 0.4) is 0 Å². The first-order chi connectivity index (χ1) is 15.9. The molecule has 184 valence electrons. The number of rotatable bonds is 2. The van der Waals surface area contributed by atoms with E-state index in [4.69, 9.17) is 0 Å². The first-order valence-corrected chi connectivity index (χ1v) is 12.6. The number of amides is 1. The molecule has 1 amide bonds. The Morgan fingerprint density at radius 2 is 1.88 bits per heavy atom. The molecule has 1 aliphatic heterocycles. The number of carbonyl (C=O) groups excluding carboxylic acids is 1. The van der Waals surface area contributed by atoms with Crippen molar-refractivity contribution >= 4 is 11.6 Å². The maximum absolute atomic E-state index is 13.6. The first kappa shape index (κ1) is 23.5. The van der Waals surface area contributed by atoms with Crippen LogP contribution in [0, 0.1) is 41.4 Å². The Labute approximate surface area is 200 Å². The Morgan fingerprint density at radius 1 is 1.12 bits per heavy atom. The number of hydrogen-bond donors (Lipinski definition) is 2. The summed E-state index contributed by atoms with van der Waals surface area (Å²) in [5, 5.41) is 6.30. The van der Waals surface area contributed by atoms with Gasteiger partial charge in [0.15, 0.2) is 0 Å². The van der Waals surface area contributed by atoms with Crippen molar-refractivity contribution in [2.75, 3.05) is 5.32 Å². The summed E-state index contributed by atoms with van der Waals surface area (Å²) in [5.41, 5.74) is 0.681. The number of anilines is 1. The minimum atomic E-state index is -4.50. The van der Waals surface area contributed by atoms with Gasteiger partial charge in [0.2, 0.25) is 5.91 Å². The summed E-state index contributed by atoms with van der Waals surface area (Å²) < 4.78 is 40.7. The van der Waals surface area contributed by atoms with Gasteiger partial charge < -0.3 is 10.6 Å². The molecule has 0 aromatic heterocycles. The Morgan fingerprint density at radius 3 is 2.62 bits per heavy atom. The summed E-state index contributed by atoms with van der Waals surface area (Å²) in [7, 11) is 0. The predicted octanol–water partition coefficient (Wildman–Crippen LogP) is 6.85. The van der Waals surface area contributed by atoms with E-state index in [9.17, 15) is 18.0 Å². The van der Waals surface area contributed by atoms with Gasteiger partial charge in [-0.25, -0.2) is 0 Å². The fourth-order valence-electron chi connectivity index (χ4n) is 8.07. The lowest BCUT2D eigenvalue weighted by Crippen LogP contribution is -2.58. The van der Waals surface area contributed by atoms with Crippen molar-refractivity contribution in [3.05, 3.63) is 53.8 Å². The Kier molecular flexibility index (Phi) is 5.45. The lowest BCUT2D eigenvalue weighted by Gasteiger charge is -2.59. The van der Waals surface area contributed by atoms with Crippen molar-refractivity contribution in [1.82, 2.24) is 5.32 Å². The van der Waals surface area contributed by atoms with Gasteiger partial charge in [0.05, 0.1) is 11.3 Å². The van der Waals surface area contributed by atoms with Crippen LogP contribution in [-0.2, 0) is 11.0 Å². The van der Waals surface area contributed by atoms with Crippen LogP contribution in [0.4, 0.5) is 18.9 Å². The second kappa shape index (κ2) is 7.89. The number of alkyl halides is 3. The molecule has 0 unspecified atom stereocenters. The van der Waals surface area contributed by atoms with Gasteiger partial charge in [0, 0.05) is 23.1 Å². The number of fused-ring (bicyclic) bond motifs is 5. The predicted molar refractivity (Wildman–Crippen MR) is 128 cm³/mol. The van der Waals surface area contributed by atoms with E-state index in [0.29, 0.717) is 29.4 Å². The fourth-order valence-corrected chi connectivity index (χ4v) is 8.07. The van der Waals surface area contributed by atoms with Crippen LogP contribution in [0.5, 0.6) is 0 Å². The monoisotopic (exact) mass is 472 g/mol. The molecule has 0 radical (unpaired) electrons. The molecule has 7 atom stereocenters. The van der Waals surface area contributed by atoms with Crippen LogP contribution in [0.15, 0.2) is 42.6 Å². The third kappa shape index (κ3) is 3.59. The summed E-state index contributed by atoms with van der Waals surface area (Å²) in [5.74, 6) is 1.01. The van der Waals surface area contributed by atoms with Crippen molar-refractivity contribution in [3.63, 3.8) is 0 Å². The number of halogens is 3. The van der Waals surface area contributed by atoms with E-state index in [2.05, 4.69) is 43.2 Å². The Hall–Kier alpha value is -2.24. The van der Waals surface area contributed by atoms with E-state index in [1.54, 1.807) is 6.92 Å². The molecule has 0 spiro atoms. The van der Waals surface area contributed by atoms with Gasteiger partial charge in [-0.1, -0.05) is 32.6 Å². The van der Waals surface area contributed by atoms with Gasteiger partial charge in [0.25, 0.3) is 0 Å². The molecule has 2 N–H and O–H groups in total. The molecule has 1 heterocycles. The summed E-state index contributed by atoms with van der Waals surface area (Å²) >= 11 is 0. The van der Waals surface area contributed by atoms with Gasteiger partial charge in [-0.05, 0) is 92.4 Å². The van der Waals surface area contributed by atoms with Crippen LogP contribution in [-0.4, -0.2) is 11.9 Å². The smallest absolute Gasteiger partial charge is 0.382 e. The summed E-state index contributed by atoms with van der Waals surface area (Å²) in [4.78, 5) is 13.4. The van der Waals surface area contributed by atoms with E-state index in [0.717, 1.165) is 50.3 Å². The zero-order valence-corrected chi connectivity index (χ0v) is 20.3. The van der Waals surface area contributed by atoms with Crippen LogP contribution >= 0.6 is 0 Å². The number of carbonyl (C=O) groups is 1. The second-order valence-electron chi connectivity index (χ2n) is 11.6. The van der Waals surface area contributed by atoms with Gasteiger partial charge >= 0.3 is 6.18 Å². The molecule has 5 rings (SSSR count). The maximum Gasteiger partial charge on any atom is 0.418 e. The second-order valence-corrected chi connectivity index (χ2v) is 11.6. The molecule has 3 nitrogen and oxygen atoms in total. The summed E-state index contributed by atoms with van der Waals surface area (Å²) in [6.45, 7) is 10.4.